The lowest BCUT2D eigenvalue weighted by molar-refractivity contribution is 0.102. The summed E-state index contributed by atoms with van der Waals surface area (Å²) in [5.74, 6) is 2.02. The van der Waals surface area contributed by atoms with Crippen LogP contribution >= 0.6 is 0 Å². The minimum atomic E-state index is -0.185. The molecule has 1 aromatic heterocycles. The fraction of sp³-hybridized carbons (Fsp3) is 0.346. The van der Waals surface area contributed by atoms with E-state index >= 15 is 0 Å². The van der Waals surface area contributed by atoms with Crippen LogP contribution in [-0.4, -0.2) is 66.3 Å². The molecule has 9 nitrogen and oxygen atoms in total. The zero-order chi connectivity index (χ0) is 24.4. The molecule has 35 heavy (non-hydrogen) atoms. The van der Waals surface area contributed by atoms with Crippen LogP contribution in [0.15, 0.2) is 48.7 Å². The fourth-order valence-corrected chi connectivity index (χ4v) is 4.86. The monoisotopic (exact) mass is 474 g/mol. The number of aromatic nitrogens is 2. The average molecular weight is 475 g/mol. The lowest BCUT2D eigenvalue weighted by atomic mass is 9.89. The molecule has 2 aromatic carbocycles. The van der Waals surface area contributed by atoms with Gasteiger partial charge in [-0.1, -0.05) is 18.2 Å². The van der Waals surface area contributed by atoms with Crippen LogP contribution in [-0.2, 0) is 0 Å². The highest BCUT2D eigenvalue weighted by molar-refractivity contribution is 6.11. The average Bonchev–Trinajstić information content (AvgIpc) is 2.99. The van der Waals surface area contributed by atoms with E-state index < -0.39 is 0 Å². The van der Waals surface area contributed by atoms with E-state index in [1.807, 2.05) is 36.2 Å². The Labute approximate surface area is 204 Å². The normalized spacial score (nSPS) is 16.2. The van der Waals surface area contributed by atoms with Crippen molar-refractivity contribution >= 4 is 34.7 Å². The van der Waals surface area contributed by atoms with Crippen LogP contribution in [0.2, 0.25) is 0 Å². The van der Waals surface area contributed by atoms with Crippen LogP contribution in [0.4, 0.5) is 28.8 Å². The maximum absolute atomic E-state index is 12.6. The number of hydrogen-bond acceptors (Lipinski definition) is 8. The number of aliphatic hydroxyl groups is 1. The first kappa shape index (κ1) is 23.1. The Bertz CT molecular complexity index is 1230. The summed E-state index contributed by atoms with van der Waals surface area (Å²) in [5, 5.41) is 15.4. The van der Waals surface area contributed by atoms with E-state index in [2.05, 4.69) is 32.7 Å². The Kier molecular flexibility index (Phi) is 6.52. The van der Waals surface area contributed by atoms with E-state index in [-0.39, 0.29) is 12.5 Å². The second-order valence-electron chi connectivity index (χ2n) is 8.89. The van der Waals surface area contributed by atoms with Crippen LogP contribution in [0.5, 0.6) is 5.75 Å². The number of fused-ring (bicyclic) bond motifs is 2. The van der Waals surface area contributed by atoms with Gasteiger partial charge in [0.1, 0.15) is 11.4 Å². The van der Waals surface area contributed by atoms with Crippen molar-refractivity contribution in [3.8, 4) is 5.75 Å². The second-order valence-corrected chi connectivity index (χ2v) is 8.89. The van der Waals surface area contributed by atoms with Gasteiger partial charge < -0.3 is 30.3 Å². The number of amides is 1. The van der Waals surface area contributed by atoms with Gasteiger partial charge in [-0.05, 0) is 61.7 Å². The summed E-state index contributed by atoms with van der Waals surface area (Å²) in [4.78, 5) is 26.0. The summed E-state index contributed by atoms with van der Waals surface area (Å²) in [6, 6.07) is 13.7. The number of β-amino-alcohol motifs (C(OH)–C–C–N with tert-alkyl or cyclic N) is 1. The highest BCUT2D eigenvalue weighted by Crippen LogP contribution is 2.37. The number of methoxy groups -OCH3 is 1. The largest absolute Gasteiger partial charge is 0.495 e. The van der Waals surface area contributed by atoms with Crippen molar-refractivity contribution in [1.82, 2.24) is 14.9 Å². The van der Waals surface area contributed by atoms with Crippen LogP contribution in [0.25, 0.3) is 0 Å². The lowest BCUT2D eigenvalue weighted by Crippen LogP contribution is -2.34. The molecule has 0 bridgehead atoms. The number of ether oxygens (including phenoxy) is 1. The van der Waals surface area contributed by atoms with E-state index in [1.165, 1.54) is 5.56 Å². The molecule has 3 heterocycles. The van der Waals surface area contributed by atoms with E-state index in [4.69, 9.17) is 9.72 Å². The molecule has 3 aromatic rings. The number of aliphatic hydroxyl groups excluding tert-OH is 1. The molecule has 1 fully saturated rings. The Morgan fingerprint density at radius 3 is 2.77 bits per heavy atom. The van der Waals surface area contributed by atoms with E-state index in [9.17, 15) is 9.90 Å². The van der Waals surface area contributed by atoms with Crippen molar-refractivity contribution in [3.63, 3.8) is 0 Å². The van der Waals surface area contributed by atoms with Gasteiger partial charge in [-0.15, -0.1) is 0 Å². The number of para-hydroxylation sites is 1. The summed E-state index contributed by atoms with van der Waals surface area (Å²) in [7, 11) is 3.54. The van der Waals surface area contributed by atoms with Crippen molar-refractivity contribution < 1.29 is 14.6 Å². The zero-order valence-corrected chi connectivity index (χ0v) is 20.0. The van der Waals surface area contributed by atoms with Gasteiger partial charge in [0.05, 0.1) is 36.9 Å². The van der Waals surface area contributed by atoms with Crippen molar-refractivity contribution in [1.29, 1.82) is 0 Å². The third-order valence-electron chi connectivity index (χ3n) is 6.79. The summed E-state index contributed by atoms with van der Waals surface area (Å²) < 4.78 is 5.69. The van der Waals surface area contributed by atoms with Crippen molar-refractivity contribution in [2.24, 2.45) is 0 Å². The van der Waals surface area contributed by atoms with Crippen LogP contribution < -0.4 is 20.3 Å². The molecular formula is C26H30N6O3. The van der Waals surface area contributed by atoms with Gasteiger partial charge in [-0.3, -0.25) is 4.79 Å². The van der Waals surface area contributed by atoms with E-state index in [1.54, 1.807) is 19.4 Å². The number of anilines is 5. The third-order valence-corrected chi connectivity index (χ3v) is 6.79. The maximum Gasteiger partial charge on any atom is 0.257 e. The summed E-state index contributed by atoms with van der Waals surface area (Å²) in [6.07, 6.45) is 3.73. The van der Waals surface area contributed by atoms with Gasteiger partial charge in [0.2, 0.25) is 5.95 Å². The molecule has 2 aliphatic rings. The van der Waals surface area contributed by atoms with Gasteiger partial charge in [-0.25, -0.2) is 4.98 Å². The summed E-state index contributed by atoms with van der Waals surface area (Å²) >= 11 is 0. The molecule has 0 unspecified atom stereocenters. The predicted octanol–water partition coefficient (Wildman–Crippen LogP) is 3.73. The Hall–Kier alpha value is -3.69. The Morgan fingerprint density at radius 1 is 1.20 bits per heavy atom. The minimum absolute atomic E-state index is 0.185. The summed E-state index contributed by atoms with van der Waals surface area (Å²) in [5.41, 5.74) is 3.93. The lowest BCUT2D eigenvalue weighted by Gasteiger charge is -2.31. The molecule has 0 aliphatic carbocycles. The number of carbonyl (C=O) groups excluding carboxylic acids is 1. The number of rotatable bonds is 6. The third kappa shape index (κ3) is 4.65. The fourth-order valence-electron chi connectivity index (χ4n) is 4.86. The summed E-state index contributed by atoms with van der Waals surface area (Å²) in [6.45, 7) is 2.93. The molecule has 0 saturated carbocycles. The number of benzene rings is 2. The van der Waals surface area contributed by atoms with Crippen molar-refractivity contribution in [3.05, 3.63) is 59.8 Å². The first-order valence-corrected chi connectivity index (χ1v) is 11.9. The number of likely N-dealkylation sites (tertiary alicyclic amines) is 1. The van der Waals surface area contributed by atoms with Crippen LogP contribution in [0, 0.1) is 0 Å². The number of carbonyl (C=O) groups is 1. The smallest absolute Gasteiger partial charge is 0.257 e. The first-order chi connectivity index (χ1) is 17.1. The number of hydrogen-bond donors (Lipinski definition) is 3. The molecule has 1 saturated heterocycles. The van der Waals surface area contributed by atoms with Gasteiger partial charge in [0.25, 0.3) is 5.91 Å². The molecule has 0 spiro atoms. The molecule has 0 radical (unpaired) electrons. The molecule has 0 atom stereocenters. The van der Waals surface area contributed by atoms with Crippen molar-refractivity contribution in [2.75, 3.05) is 55.9 Å². The first-order valence-electron chi connectivity index (χ1n) is 11.9. The Balaban J connectivity index is 1.37. The maximum atomic E-state index is 12.6. The number of piperidine rings is 1. The van der Waals surface area contributed by atoms with Crippen LogP contribution in [0.1, 0.15) is 34.7 Å². The van der Waals surface area contributed by atoms with Crippen molar-refractivity contribution in [2.45, 2.75) is 18.8 Å². The highest BCUT2D eigenvalue weighted by atomic mass is 16.5. The standard InChI is InChI=1S/C26H30N6O3/c1-31-22-6-4-3-5-19(22)25(34)28-21-16-27-26(30-24(21)31)29-20-8-7-18(15-23(20)35-2)17-9-11-32(12-10-17)13-14-33/h3-8,15-17,33H,9-14H2,1-2H3,(H,28,34)(H,27,29,30). The molecule has 5 rings (SSSR count). The predicted molar refractivity (Wildman–Crippen MR) is 136 cm³/mol. The molecule has 2 aliphatic heterocycles. The van der Waals surface area contributed by atoms with E-state index in [0.717, 1.165) is 49.6 Å². The quantitative estimate of drug-likeness (QED) is 0.497. The van der Waals surface area contributed by atoms with Crippen LogP contribution in [0.3, 0.4) is 0 Å². The van der Waals surface area contributed by atoms with E-state index in [0.29, 0.717) is 28.9 Å². The molecule has 1 amide bonds. The second kappa shape index (κ2) is 9.89. The molecular weight excluding hydrogens is 444 g/mol. The van der Waals surface area contributed by atoms with Gasteiger partial charge in [0, 0.05) is 13.6 Å². The molecule has 3 N–H and O–H groups in total. The highest BCUT2D eigenvalue weighted by Gasteiger charge is 2.25. The topological polar surface area (TPSA) is 103 Å². The van der Waals surface area contributed by atoms with Gasteiger partial charge in [-0.2, -0.15) is 4.98 Å². The Morgan fingerprint density at radius 2 is 2.00 bits per heavy atom. The number of nitrogens with one attached hydrogen (secondary N) is 2. The SMILES string of the molecule is COc1cc(C2CCN(CCO)CC2)ccc1Nc1ncc2c(n1)N(C)c1ccccc1C(=O)N2. The molecule has 182 valence electrons. The molecule has 9 heteroatoms. The minimum Gasteiger partial charge on any atom is -0.495 e. The number of nitrogens with zero attached hydrogens (tertiary/aromatic N) is 4. The van der Waals surface area contributed by atoms with Gasteiger partial charge in [0.15, 0.2) is 5.82 Å². The zero-order valence-electron chi connectivity index (χ0n) is 20.0. The van der Waals surface area contributed by atoms with Gasteiger partial charge >= 0.3 is 0 Å².